The largest absolute Gasteiger partial charge is 0.480 e. The van der Waals surface area contributed by atoms with Crippen molar-refractivity contribution < 1.29 is 19.8 Å². The highest BCUT2D eigenvalue weighted by molar-refractivity contribution is 5.85. The van der Waals surface area contributed by atoms with E-state index in [2.05, 4.69) is 11.4 Å². The molecule has 4 atom stereocenters. The number of aliphatic carboxylic acids is 1. The monoisotopic (exact) mass is 225 g/mol. The van der Waals surface area contributed by atoms with Gasteiger partial charge in [-0.1, -0.05) is 12.2 Å². The van der Waals surface area contributed by atoms with Gasteiger partial charge in [0.2, 0.25) is 5.91 Å². The Morgan fingerprint density at radius 3 is 2.56 bits per heavy atom. The quantitative estimate of drug-likeness (QED) is 0.576. The van der Waals surface area contributed by atoms with Crippen molar-refractivity contribution in [3.63, 3.8) is 0 Å². The minimum absolute atomic E-state index is 0.122. The number of hydrogen-bond acceptors (Lipinski definition) is 3. The van der Waals surface area contributed by atoms with Crippen LogP contribution in [0.1, 0.15) is 12.8 Å². The lowest BCUT2D eigenvalue weighted by molar-refractivity contribution is -0.143. The molecule has 0 aliphatic heterocycles. The molecule has 2 bridgehead atoms. The predicted molar refractivity (Wildman–Crippen MR) is 55.5 cm³/mol. The maximum atomic E-state index is 11.8. The number of rotatable bonds is 4. The minimum Gasteiger partial charge on any atom is -0.480 e. The molecule has 2 aliphatic carbocycles. The predicted octanol–water partition coefficient (Wildman–Crippen LogP) is -0.240. The second-order valence-electron chi connectivity index (χ2n) is 4.47. The second-order valence-corrected chi connectivity index (χ2v) is 4.47. The van der Waals surface area contributed by atoms with Crippen molar-refractivity contribution in [1.82, 2.24) is 5.32 Å². The Morgan fingerprint density at radius 1 is 1.38 bits per heavy atom. The summed E-state index contributed by atoms with van der Waals surface area (Å²) in [7, 11) is 0. The summed E-state index contributed by atoms with van der Waals surface area (Å²) in [5, 5.41) is 19.9. The van der Waals surface area contributed by atoms with E-state index in [0.29, 0.717) is 5.92 Å². The Hall–Kier alpha value is -1.36. The third-order valence-corrected chi connectivity index (χ3v) is 3.41. The lowest BCUT2D eigenvalue weighted by Gasteiger charge is -2.20. The normalized spacial score (nSPS) is 32.7. The Bertz CT molecular complexity index is 339. The molecule has 1 saturated carbocycles. The number of amides is 1. The van der Waals surface area contributed by atoms with Gasteiger partial charge in [-0.15, -0.1) is 0 Å². The van der Waals surface area contributed by atoms with Crippen molar-refractivity contribution in [1.29, 1.82) is 0 Å². The lowest BCUT2D eigenvalue weighted by atomic mass is 9.92. The van der Waals surface area contributed by atoms with Crippen LogP contribution < -0.4 is 5.32 Å². The number of aliphatic hydroxyl groups excluding tert-OH is 1. The van der Waals surface area contributed by atoms with Crippen molar-refractivity contribution in [3.05, 3.63) is 12.2 Å². The molecular weight excluding hydrogens is 210 g/mol. The number of carboxylic acids is 1. The molecule has 0 aromatic carbocycles. The minimum atomic E-state index is -1.20. The van der Waals surface area contributed by atoms with Gasteiger partial charge in [-0.2, -0.15) is 0 Å². The molecule has 0 radical (unpaired) electrons. The average Bonchev–Trinajstić information content (AvgIpc) is 2.86. The third kappa shape index (κ3) is 1.95. The van der Waals surface area contributed by atoms with Gasteiger partial charge in [-0.05, 0) is 24.7 Å². The molecule has 0 aromatic rings. The molecule has 3 unspecified atom stereocenters. The highest BCUT2D eigenvalue weighted by atomic mass is 16.4. The first-order chi connectivity index (χ1) is 7.61. The van der Waals surface area contributed by atoms with Crippen LogP contribution >= 0.6 is 0 Å². The van der Waals surface area contributed by atoms with Crippen molar-refractivity contribution in [2.45, 2.75) is 18.9 Å². The molecule has 0 aromatic heterocycles. The van der Waals surface area contributed by atoms with Crippen LogP contribution in [0, 0.1) is 17.8 Å². The number of allylic oxidation sites excluding steroid dienone is 2. The maximum Gasteiger partial charge on any atom is 0.328 e. The van der Waals surface area contributed by atoms with Crippen LogP contribution in [0.4, 0.5) is 0 Å². The second kappa shape index (κ2) is 4.25. The van der Waals surface area contributed by atoms with E-state index in [0.717, 1.165) is 12.8 Å². The van der Waals surface area contributed by atoms with Crippen LogP contribution in [-0.4, -0.2) is 34.7 Å². The Balaban J connectivity index is 1.93. The molecule has 0 spiro atoms. The first-order valence-electron chi connectivity index (χ1n) is 5.44. The topological polar surface area (TPSA) is 86.6 Å². The van der Waals surface area contributed by atoms with Crippen LogP contribution in [0.3, 0.4) is 0 Å². The summed E-state index contributed by atoms with van der Waals surface area (Å²) < 4.78 is 0. The van der Waals surface area contributed by atoms with Crippen LogP contribution in [0.15, 0.2) is 12.2 Å². The summed E-state index contributed by atoms with van der Waals surface area (Å²) in [6, 6.07) is -1.18. The summed E-state index contributed by atoms with van der Waals surface area (Å²) in [4.78, 5) is 22.4. The molecule has 88 valence electrons. The molecule has 3 N–H and O–H groups in total. The van der Waals surface area contributed by atoms with E-state index in [9.17, 15) is 9.59 Å². The molecule has 0 saturated heterocycles. The molecule has 2 aliphatic rings. The lowest BCUT2D eigenvalue weighted by Crippen LogP contribution is -2.46. The van der Waals surface area contributed by atoms with Crippen LogP contribution in [0.2, 0.25) is 0 Å². The molecule has 5 nitrogen and oxygen atoms in total. The van der Waals surface area contributed by atoms with Crippen molar-refractivity contribution in [2.75, 3.05) is 6.61 Å². The summed E-state index contributed by atoms with van der Waals surface area (Å²) >= 11 is 0. The van der Waals surface area contributed by atoms with Crippen molar-refractivity contribution in [2.24, 2.45) is 17.8 Å². The van der Waals surface area contributed by atoms with Gasteiger partial charge in [0.05, 0.1) is 6.61 Å². The van der Waals surface area contributed by atoms with E-state index in [1.165, 1.54) is 0 Å². The number of carbonyl (C=O) groups excluding carboxylic acids is 1. The van der Waals surface area contributed by atoms with Gasteiger partial charge in [0.1, 0.15) is 6.04 Å². The molecule has 5 heteroatoms. The SMILES string of the molecule is O=C(N[C@@H](CO)C(=O)O)C1CC2C=CC1C2. The van der Waals surface area contributed by atoms with E-state index in [-0.39, 0.29) is 17.7 Å². The zero-order valence-corrected chi connectivity index (χ0v) is 8.80. The third-order valence-electron chi connectivity index (χ3n) is 3.41. The van der Waals surface area contributed by atoms with Crippen LogP contribution in [0.5, 0.6) is 0 Å². The number of aliphatic hydroxyl groups is 1. The fourth-order valence-corrected chi connectivity index (χ4v) is 2.55. The van der Waals surface area contributed by atoms with Crippen LogP contribution in [-0.2, 0) is 9.59 Å². The Morgan fingerprint density at radius 2 is 2.12 bits per heavy atom. The molecule has 0 heterocycles. The Kier molecular flexibility index (Phi) is 2.96. The number of fused-ring (bicyclic) bond motifs is 2. The van der Waals surface area contributed by atoms with E-state index in [1.54, 1.807) is 0 Å². The fourth-order valence-electron chi connectivity index (χ4n) is 2.55. The number of carbonyl (C=O) groups is 2. The first-order valence-corrected chi connectivity index (χ1v) is 5.44. The summed E-state index contributed by atoms with van der Waals surface area (Å²) in [6.45, 7) is -0.572. The van der Waals surface area contributed by atoms with E-state index >= 15 is 0 Å². The number of hydrogen-bond donors (Lipinski definition) is 3. The fraction of sp³-hybridized carbons (Fsp3) is 0.636. The molecule has 16 heavy (non-hydrogen) atoms. The van der Waals surface area contributed by atoms with Gasteiger partial charge in [0, 0.05) is 5.92 Å². The standard InChI is InChI=1S/C11H15NO4/c13-5-9(11(15)16)12-10(14)8-4-6-1-2-7(8)3-6/h1-2,6-9,13H,3-5H2,(H,12,14)(H,15,16)/t6?,7?,8?,9-/m0/s1. The van der Waals surface area contributed by atoms with Crippen LogP contribution in [0.25, 0.3) is 0 Å². The van der Waals surface area contributed by atoms with Crippen molar-refractivity contribution in [3.8, 4) is 0 Å². The summed E-state index contributed by atoms with van der Waals surface area (Å²) in [5.41, 5.74) is 0. The molecular formula is C11H15NO4. The van der Waals surface area contributed by atoms with Gasteiger partial charge in [-0.3, -0.25) is 4.79 Å². The molecule has 1 fully saturated rings. The van der Waals surface area contributed by atoms with Gasteiger partial charge >= 0.3 is 5.97 Å². The first kappa shape index (κ1) is 11.1. The van der Waals surface area contributed by atoms with Crippen molar-refractivity contribution >= 4 is 11.9 Å². The van der Waals surface area contributed by atoms with Gasteiger partial charge in [-0.25, -0.2) is 4.79 Å². The smallest absolute Gasteiger partial charge is 0.328 e. The zero-order chi connectivity index (χ0) is 11.7. The van der Waals surface area contributed by atoms with Gasteiger partial charge in [0.15, 0.2) is 0 Å². The van der Waals surface area contributed by atoms with E-state index in [4.69, 9.17) is 10.2 Å². The van der Waals surface area contributed by atoms with Gasteiger partial charge < -0.3 is 15.5 Å². The number of nitrogens with one attached hydrogen (secondary N) is 1. The number of carboxylic acid groups (broad SMARTS) is 1. The van der Waals surface area contributed by atoms with Gasteiger partial charge in [0.25, 0.3) is 0 Å². The maximum absolute atomic E-state index is 11.8. The van der Waals surface area contributed by atoms with E-state index in [1.807, 2.05) is 6.08 Å². The molecule has 1 amide bonds. The summed E-state index contributed by atoms with van der Waals surface area (Å²) in [5.74, 6) is -0.854. The van der Waals surface area contributed by atoms with E-state index < -0.39 is 18.6 Å². The highest BCUT2D eigenvalue weighted by Gasteiger charge is 2.40. The zero-order valence-electron chi connectivity index (χ0n) is 8.80. The Labute approximate surface area is 93.1 Å². The average molecular weight is 225 g/mol. The highest BCUT2D eigenvalue weighted by Crippen LogP contribution is 2.43. The molecule has 2 rings (SSSR count). The summed E-state index contributed by atoms with van der Waals surface area (Å²) in [6.07, 6.45) is 5.95.